The van der Waals surface area contributed by atoms with E-state index in [1.165, 1.54) is 0 Å². The van der Waals surface area contributed by atoms with Crippen LogP contribution in [0.2, 0.25) is 0 Å². The first-order valence-corrected chi connectivity index (χ1v) is 3.62. The summed E-state index contributed by atoms with van der Waals surface area (Å²) in [6.07, 6.45) is 2.15. The predicted molar refractivity (Wildman–Crippen MR) is 49.9 cm³/mol. The third-order valence-electron chi connectivity index (χ3n) is 1.20. The molecule has 0 heterocycles. The summed E-state index contributed by atoms with van der Waals surface area (Å²) >= 11 is 0. The van der Waals surface area contributed by atoms with Crippen molar-refractivity contribution in [1.29, 1.82) is 0 Å². The molecular weight excluding hydrogens is 149 g/mol. The summed E-state index contributed by atoms with van der Waals surface area (Å²) in [6, 6.07) is 0. The van der Waals surface area contributed by atoms with E-state index in [9.17, 15) is 4.79 Å². The summed E-state index contributed by atoms with van der Waals surface area (Å²) in [5, 5.41) is 2.74. The second-order valence-corrected chi connectivity index (χ2v) is 2.39. The zero-order valence-corrected chi connectivity index (χ0v) is 6.74. The molecule has 0 aromatic rings. The van der Waals surface area contributed by atoms with Gasteiger partial charge in [0.15, 0.2) is 0 Å². The average Bonchev–Trinajstić information content (AvgIpc) is 1.88. The van der Waals surface area contributed by atoms with Crippen LogP contribution in [0.5, 0.6) is 0 Å². The van der Waals surface area contributed by atoms with Gasteiger partial charge >= 0.3 is 29.6 Å². The van der Waals surface area contributed by atoms with E-state index in [1.807, 2.05) is 0 Å². The molecular formula is C8H16NNaO. The fourth-order valence-corrected chi connectivity index (χ4v) is 0.530. The summed E-state index contributed by atoms with van der Waals surface area (Å²) in [5.74, 6) is -0.0338. The van der Waals surface area contributed by atoms with Crippen molar-refractivity contribution in [2.45, 2.75) is 26.7 Å². The topological polar surface area (TPSA) is 29.1 Å². The Kier molecular flexibility index (Phi) is 10.4. The van der Waals surface area contributed by atoms with Gasteiger partial charge in [0.1, 0.15) is 0 Å². The van der Waals surface area contributed by atoms with Crippen LogP contribution in [-0.2, 0) is 4.79 Å². The number of rotatable bonds is 4. The van der Waals surface area contributed by atoms with Crippen LogP contribution < -0.4 is 5.32 Å². The van der Waals surface area contributed by atoms with Crippen LogP contribution in [0.15, 0.2) is 12.2 Å². The standard InChI is InChI=1S/C8H15NO.Na.H/c1-4-5-6-9-8(10)7(2)3;;/h2,4-6H2,1,3H3,(H,9,10);;. The first-order chi connectivity index (χ1) is 4.68. The third kappa shape index (κ3) is 8.11. The van der Waals surface area contributed by atoms with Crippen molar-refractivity contribution in [3.8, 4) is 0 Å². The summed E-state index contributed by atoms with van der Waals surface area (Å²) in [6.45, 7) is 8.09. The van der Waals surface area contributed by atoms with Gasteiger partial charge in [0, 0.05) is 12.1 Å². The summed E-state index contributed by atoms with van der Waals surface area (Å²) in [4.78, 5) is 10.8. The third-order valence-corrected chi connectivity index (χ3v) is 1.20. The van der Waals surface area contributed by atoms with E-state index in [4.69, 9.17) is 0 Å². The Hall–Kier alpha value is 0.210. The Bertz CT molecular complexity index is 134. The quantitative estimate of drug-likeness (QED) is 0.373. The Morgan fingerprint density at radius 1 is 1.55 bits per heavy atom. The van der Waals surface area contributed by atoms with Crippen molar-refractivity contribution in [2.24, 2.45) is 0 Å². The Labute approximate surface area is 90.7 Å². The molecule has 0 spiro atoms. The molecule has 0 aromatic heterocycles. The van der Waals surface area contributed by atoms with Crippen molar-refractivity contribution in [3.05, 3.63) is 12.2 Å². The van der Waals surface area contributed by atoms with Gasteiger partial charge in [-0.05, 0) is 13.3 Å². The molecule has 0 fully saturated rings. The first-order valence-electron chi connectivity index (χ1n) is 3.62. The van der Waals surface area contributed by atoms with Crippen LogP contribution in [-0.4, -0.2) is 42.0 Å². The summed E-state index contributed by atoms with van der Waals surface area (Å²) in [7, 11) is 0. The Morgan fingerprint density at radius 3 is 2.45 bits per heavy atom. The molecule has 0 atom stereocenters. The molecule has 2 nitrogen and oxygen atoms in total. The molecule has 0 aromatic carbocycles. The van der Waals surface area contributed by atoms with E-state index in [1.54, 1.807) is 6.92 Å². The number of unbranched alkanes of at least 4 members (excludes halogenated alkanes) is 1. The molecule has 60 valence electrons. The molecule has 1 amide bonds. The molecule has 0 aliphatic rings. The fraction of sp³-hybridized carbons (Fsp3) is 0.625. The molecule has 1 N–H and O–H groups in total. The van der Waals surface area contributed by atoms with E-state index in [-0.39, 0.29) is 35.5 Å². The number of amides is 1. The van der Waals surface area contributed by atoms with Gasteiger partial charge in [0.2, 0.25) is 5.91 Å². The number of hydrogen-bond acceptors (Lipinski definition) is 1. The second kappa shape index (κ2) is 8.31. The second-order valence-electron chi connectivity index (χ2n) is 2.39. The number of nitrogens with one attached hydrogen (secondary N) is 1. The molecule has 0 unspecified atom stereocenters. The maximum absolute atomic E-state index is 10.8. The van der Waals surface area contributed by atoms with E-state index in [2.05, 4.69) is 18.8 Å². The molecule has 11 heavy (non-hydrogen) atoms. The van der Waals surface area contributed by atoms with Gasteiger partial charge in [-0.25, -0.2) is 0 Å². The van der Waals surface area contributed by atoms with Crippen molar-refractivity contribution in [2.75, 3.05) is 6.54 Å². The van der Waals surface area contributed by atoms with E-state index in [0.29, 0.717) is 5.57 Å². The number of hydrogen-bond donors (Lipinski definition) is 1. The van der Waals surface area contributed by atoms with Gasteiger partial charge < -0.3 is 5.32 Å². The predicted octanol–water partition coefficient (Wildman–Crippen LogP) is 0.830. The molecule has 0 aliphatic heterocycles. The molecule has 0 rings (SSSR count). The molecule has 0 aliphatic carbocycles. The molecule has 0 bridgehead atoms. The van der Waals surface area contributed by atoms with Crippen LogP contribution in [0, 0.1) is 0 Å². The fourth-order valence-electron chi connectivity index (χ4n) is 0.530. The van der Waals surface area contributed by atoms with Crippen LogP contribution in [0.25, 0.3) is 0 Å². The van der Waals surface area contributed by atoms with Crippen molar-refractivity contribution >= 4 is 35.5 Å². The Morgan fingerprint density at radius 2 is 2.09 bits per heavy atom. The SMILES string of the molecule is C=C(C)C(=O)NCCCC.[NaH]. The number of carbonyl (C=O) groups excluding carboxylic acids is 1. The first kappa shape index (κ1) is 13.8. The minimum atomic E-state index is -0.0338. The van der Waals surface area contributed by atoms with Crippen LogP contribution in [0.3, 0.4) is 0 Å². The average molecular weight is 165 g/mol. The van der Waals surface area contributed by atoms with Crippen LogP contribution in [0.1, 0.15) is 26.7 Å². The summed E-state index contributed by atoms with van der Waals surface area (Å²) < 4.78 is 0. The summed E-state index contributed by atoms with van der Waals surface area (Å²) in [5.41, 5.74) is 0.580. The van der Waals surface area contributed by atoms with Crippen molar-refractivity contribution in [1.82, 2.24) is 5.32 Å². The van der Waals surface area contributed by atoms with Gasteiger partial charge in [0.05, 0.1) is 0 Å². The minimum absolute atomic E-state index is 0. The molecule has 3 heteroatoms. The number of carbonyl (C=O) groups is 1. The van der Waals surface area contributed by atoms with Crippen molar-refractivity contribution < 1.29 is 4.79 Å². The zero-order chi connectivity index (χ0) is 7.98. The monoisotopic (exact) mass is 165 g/mol. The van der Waals surface area contributed by atoms with Gasteiger partial charge in [0.25, 0.3) is 0 Å². The van der Waals surface area contributed by atoms with Gasteiger partial charge in [-0.1, -0.05) is 19.9 Å². The Balaban J connectivity index is 0. The van der Waals surface area contributed by atoms with E-state index < -0.39 is 0 Å². The van der Waals surface area contributed by atoms with Gasteiger partial charge in [-0.2, -0.15) is 0 Å². The van der Waals surface area contributed by atoms with Crippen LogP contribution >= 0.6 is 0 Å². The molecule has 0 saturated carbocycles. The molecule has 0 radical (unpaired) electrons. The zero-order valence-electron chi connectivity index (χ0n) is 6.74. The van der Waals surface area contributed by atoms with Gasteiger partial charge in [-0.15, -0.1) is 0 Å². The maximum atomic E-state index is 10.8. The van der Waals surface area contributed by atoms with Crippen LogP contribution in [0.4, 0.5) is 0 Å². The van der Waals surface area contributed by atoms with Crippen molar-refractivity contribution in [3.63, 3.8) is 0 Å². The molecule has 0 saturated heterocycles. The van der Waals surface area contributed by atoms with E-state index in [0.717, 1.165) is 19.4 Å². The van der Waals surface area contributed by atoms with E-state index >= 15 is 0 Å². The van der Waals surface area contributed by atoms with Gasteiger partial charge in [-0.3, -0.25) is 4.79 Å². The normalized spacial score (nSPS) is 8.18.